The van der Waals surface area contributed by atoms with Gasteiger partial charge in [-0.25, -0.2) is 0 Å². The van der Waals surface area contributed by atoms with E-state index in [0.29, 0.717) is 17.8 Å². The molecule has 2 unspecified atom stereocenters. The molecule has 1 aliphatic rings. The van der Waals surface area contributed by atoms with Gasteiger partial charge in [-0.05, 0) is 157 Å². The summed E-state index contributed by atoms with van der Waals surface area (Å²) in [6.07, 6.45) is 9.08. The summed E-state index contributed by atoms with van der Waals surface area (Å²) in [5, 5.41) is 0. The highest BCUT2D eigenvalue weighted by Crippen LogP contribution is 2.52. The molecule has 0 aliphatic heterocycles. The van der Waals surface area contributed by atoms with Crippen LogP contribution in [0.3, 0.4) is 0 Å². The zero-order valence-electron chi connectivity index (χ0n) is 44.6. The van der Waals surface area contributed by atoms with Crippen LogP contribution in [0.1, 0.15) is 112 Å². The van der Waals surface area contributed by atoms with E-state index in [4.69, 9.17) is 15.0 Å². The Morgan fingerprint density at radius 1 is 0.320 bits per heavy atom. The fourth-order valence-electron chi connectivity index (χ4n) is 11.6. The van der Waals surface area contributed by atoms with Gasteiger partial charge in [0.1, 0.15) is 0 Å². The Morgan fingerprint density at radius 2 is 0.640 bits per heavy atom. The summed E-state index contributed by atoms with van der Waals surface area (Å²) in [5.41, 5.74) is 24.5. The Hall–Kier alpha value is -8.01. The number of rotatable bonds is 10. The van der Waals surface area contributed by atoms with Crippen molar-refractivity contribution in [3.05, 3.63) is 258 Å². The van der Waals surface area contributed by atoms with Crippen molar-refractivity contribution in [2.75, 3.05) is 0 Å². The maximum atomic E-state index is 4.96. The van der Waals surface area contributed by atoms with Gasteiger partial charge in [0, 0.05) is 40.8 Å². The number of hydrogen-bond donors (Lipinski definition) is 0. The number of hydrogen-bond acceptors (Lipinski definition) is 3. The van der Waals surface area contributed by atoms with E-state index in [2.05, 4.69) is 255 Å². The van der Waals surface area contributed by atoms with E-state index in [0.717, 1.165) is 53.0 Å². The van der Waals surface area contributed by atoms with Crippen LogP contribution < -0.4 is 0 Å². The minimum absolute atomic E-state index is 0.0486. The number of nitrogens with zero attached hydrogens (tertiary/aromatic N) is 3. The number of pyridine rings is 3. The maximum absolute atomic E-state index is 4.96. The molecule has 0 N–H and O–H groups in total. The predicted molar refractivity (Wildman–Crippen MR) is 315 cm³/mol. The van der Waals surface area contributed by atoms with Crippen molar-refractivity contribution in [3.8, 4) is 78.3 Å². The van der Waals surface area contributed by atoms with E-state index in [9.17, 15) is 0 Å². The van der Waals surface area contributed by atoms with Crippen LogP contribution >= 0.6 is 0 Å². The van der Waals surface area contributed by atoms with Crippen molar-refractivity contribution < 1.29 is 0 Å². The van der Waals surface area contributed by atoms with Gasteiger partial charge in [0.15, 0.2) is 0 Å². The first-order valence-corrected chi connectivity index (χ1v) is 26.9. The zero-order chi connectivity index (χ0) is 51.7. The zero-order valence-corrected chi connectivity index (χ0v) is 44.6. The molecule has 0 radical (unpaired) electrons. The van der Waals surface area contributed by atoms with E-state index in [1.807, 2.05) is 18.6 Å². The second kappa shape index (κ2) is 20.7. The summed E-state index contributed by atoms with van der Waals surface area (Å²) in [7, 11) is 0. The normalized spacial score (nSPS) is 15.9. The smallest absolute Gasteiger partial charge is 0.0705 e. The Bertz CT molecular complexity index is 3440. The molecular formula is C72H67N3. The summed E-state index contributed by atoms with van der Waals surface area (Å²) in [4.78, 5) is 14.6. The van der Waals surface area contributed by atoms with Gasteiger partial charge in [0.05, 0.1) is 17.1 Å². The van der Waals surface area contributed by atoms with Crippen molar-refractivity contribution in [2.45, 2.75) is 96.3 Å². The van der Waals surface area contributed by atoms with Crippen LogP contribution in [-0.2, 0) is 10.8 Å². The minimum Gasteiger partial charge on any atom is -0.256 e. The topological polar surface area (TPSA) is 38.7 Å². The van der Waals surface area contributed by atoms with Gasteiger partial charge in [-0.2, -0.15) is 0 Å². The third-order valence-electron chi connectivity index (χ3n) is 15.8. The van der Waals surface area contributed by atoms with Crippen molar-refractivity contribution in [1.82, 2.24) is 15.0 Å². The summed E-state index contributed by atoms with van der Waals surface area (Å²) < 4.78 is 0. The number of benzene rings is 7. The minimum atomic E-state index is 0.0486. The van der Waals surface area contributed by atoms with Crippen molar-refractivity contribution in [1.29, 1.82) is 0 Å². The average Bonchev–Trinajstić information content (AvgIpc) is 3.45. The first-order chi connectivity index (χ1) is 36.3. The van der Waals surface area contributed by atoms with Crippen LogP contribution in [0.15, 0.2) is 225 Å². The molecule has 75 heavy (non-hydrogen) atoms. The fourth-order valence-corrected chi connectivity index (χ4v) is 11.6. The van der Waals surface area contributed by atoms with Crippen molar-refractivity contribution in [3.63, 3.8) is 0 Å². The molecule has 3 heteroatoms. The van der Waals surface area contributed by atoms with Crippen LogP contribution in [0.2, 0.25) is 0 Å². The van der Waals surface area contributed by atoms with E-state index >= 15 is 0 Å². The van der Waals surface area contributed by atoms with E-state index < -0.39 is 0 Å². The molecule has 3 nitrogen and oxygen atoms in total. The first kappa shape index (κ1) is 49.2. The van der Waals surface area contributed by atoms with Crippen LogP contribution in [-0.4, -0.2) is 15.0 Å². The van der Waals surface area contributed by atoms with Gasteiger partial charge in [-0.3, -0.25) is 15.0 Å². The maximum Gasteiger partial charge on any atom is 0.0705 e. The second-order valence-corrected chi connectivity index (χ2v) is 22.9. The van der Waals surface area contributed by atoms with Crippen LogP contribution in [0.5, 0.6) is 0 Å². The molecule has 0 bridgehead atoms. The monoisotopic (exact) mass is 974 g/mol. The van der Waals surface area contributed by atoms with E-state index in [-0.39, 0.29) is 10.8 Å². The molecule has 3 aromatic heterocycles. The highest BCUT2D eigenvalue weighted by atomic mass is 14.7. The SMILES string of the molecule is Cc1cc(-c2ccc(-c3ccccc3C3CC(c4ccccc4-c4ccc(-c5cc(C(C)(C)C)ccn5)cc4)CC(c4ccccc4-c4ccc(-c5cc(C(C)(C)C)ccn5)cc4)C3)cc2)ncc1-c1ccccc1. The lowest BCUT2D eigenvalue weighted by Gasteiger charge is -2.38. The molecule has 1 fully saturated rings. The van der Waals surface area contributed by atoms with Crippen molar-refractivity contribution >= 4 is 0 Å². The second-order valence-electron chi connectivity index (χ2n) is 22.9. The lowest BCUT2D eigenvalue weighted by atomic mass is 9.66. The standard InChI is InChI=1S/C72H67N3/c1-48-41-68(75-47-67(48)49-17-9-8-10-18-49)53-31-25-50(26-32-53)61-19-11-14-22-64(61)56-42-57(65-23-15-12-20-62(65)51-27-33-54(34-28-51)69-45-59(37-39-73-69)71(2,3)4)44-58(43-56)66-24-16-13-21-63(66)52-29-35-55(36-30-52)70-46-60(38-40-74-70)72(5,6)7/h8-41,45-47,56-58H,42-44H2,1-7H3. The molecule has 1 saturated carbocycles. The summed E-state index contributed by atoms with van der Waals surface area (Å²) >= 11 is 0. The summed E-state index contributed by atoms with van der Waals surface area (Å²) in [6.45, 7) is 15.7. The molecule has 7 aromatic carbocycles. The predicted octanol–water partition coefficient (Wildman–Crippen LogP) is 19.3. The summed E-state index contributed by atoms with van der Waals surface area (Å²) in [5.74, 6) is 0.942. The molecule has 370 valence electrons. The Balaban J connectivity index is 0.952. The van der Waals surface area contributed by atoms with Gasteiger partial charge < -0.3 is 0 Å². The number of aromatic nitrogens is 3. The third-order valence-corrected chi connectivity index (χ3v) is 15.8. The Kier molecular flexibility index (Phi) is 13.6. The Morgan fingerprint density at radius 3 is 1.00 bits per heavy atom. The first-order valence-electron chi connectivity index (χ1n) is 26.9. The third kappa shape index (κ3) is 10.6. The molecule has 2 atom stereocenters. The average molecular weight is 974 g/mol. The Labute approximate surface area is 445 Å². The van der Waals surface area contributed by atoms with Gasteiger partial charge in [0.25, 0.3) is 0 Å². The highest BCUT2D eigenvalue weighted by molar-refractivity contribution is 5.77. The number of aryl methyl sites for hydroxylation is 1. The van der Waals surface area contributed by atoms with Gasteiger partial charge in [-0.1, -0.05) is 217 Å². The fraction of sp³-hybridized carbons (Fsp3) is 0.208. The van der Waals surface area contributed by atoms with Gasteiger partial charge in [0.2, 0.25) is 0 Å². The molecule has 0 spiro atoms. The largest absolute Gasteiger partial charge is 0.256 e. The van der Waals surface area contributed by atoms with E-state index in [1.165, 1.54) is 77.9 Å². The van der Waals surface area contributed by atoms with Crippen LogP contribution in [0.4, 0.5) is 0 Å². The summed E-state index contributed by atoms with van der Waals surface area (Å²) in [6, 6.07) is 76.4. The van der Waals surface area contributed by atoms with Gasteiger partial charge >= 0.3 is 0 Å². The highest BCUT2D eigenvalue weighted by Gasteiger charge is 2.35. The molecule has 0 saturated heterocycles. The van der Waals surface area contributed by atoms with Crippen LogP contribution in [0.25, 0.3) is 78.3 Å². The molecule has 1 aliphatic carbocycles. The quantitative estimate of drug-likeness (QED) is 0.137. The van der Waals surface area contributed by atoms with Gasteiger partial charge in [-0.15, -0.1) is 0 Å². The van der Waals surface area contributed by atoms with E-state index in [1.54, 1.807) is 0 Å². The molecule has 10 aromatic rings. The molecule has 11 rings (SSSR count). The van der Waals surface area contributed by atoms with Crippen molar-refractivity contribution in [2.24, 2.45) is 0 Å². The molecule has 3 heterocycles. The lowest BCUT2D eigenvalue weighted by molar-refractivity contribution is 0.353. The molecule has 0 amide bonds. The lowest BCUT2D eigenvalue weighted by Crippen LogP contribution is -2.21. The molecular weight excluding hydrogens is 907 g/mol. The van der Waals surface area contributed by atoms with Crippen LogP contribution in [0, 0.1) is 6.92 Å².